The molecule has 2 heterocycles. The van der Waals surface area contributed by atoms with E-state index in [1.165, 1.54) is 34.1 Å². The van der Waals surface area contributed by atoms with Gasteiger partial charge in [-0.2, -0.15) is 21.3 Å². The molecule has 0 aliphatic carbocycles. The van der Waals surface area contributed by atoms with Crippen LogP contribution in [0.15, 0.2) is 47.4 Å². The molecule has 0 aromatic heterocycles. The number of nitrogens with zero attached hydrogens (tertiary/aromatic N) is 3. The van der Waals surface area contributed by atoms with Gasteiger partial charge in [0.1, 0.15) is 0 Å². The first-order valence-electron chi connectivity index (χ1n) is 11.6. The Labute approximate surface area is 206 Å². The fourth-order valence-corrected chi connectivity index (χ4v) is 6.88. The Kier molecular flexibility index (Phi) is 7.94. The van der Waals surface area contributed by atoms with Gasteiger partial charge in [-0.05, 0) is 61.2 Å². The molecule has 34 heavy (non-hydrogen) atoms. The molecule has 9 heteroatoms. The van der Waals surface area contributed by atoms with Gasteiger partial charge in [0.2, 0.25) is 15.9 Å². The highest BCUT2D eigenvalue weighted by Crippen LogP contribution is 2.27. The van der Waals surface area contributed by atoms with Gasteiger partial charge in [-0.1, -0.05) is 12.1 Å². The molecule has 0 spiro atoms. The van der Waals surface area contributed by atoms with Crippen molar-refractivity contribution in [2.24, 2.45) is 5.92 Å². The number of sulfonamides is 1. The second-order valence-electron chi connectivity index (χ2n) is 8.78. The molecule has 1 amide bonds. The Bertz CT molecular complexity index is 1160. The quantitative estimate of drug-likeness (QED) is 0.656. The first-order valence-corrected chi connectivity index (χ1v) is 14.2. The van der Waals surface area contributed by atoms with Crippen LogP contribution >= 0.6 is 11.8 Å². The van der Waals surface area contributed by atoms with Crippen molar-refractivity contribution in [3.05, 3.63) is 59.2 Å². The molecule has 2 aromatic rings. The maximum atomic E-state index is 13.0. The summed E-state index contributed by atoms with van der Waals surface area (Å²) in [6, 6.07) is 14.0. The lowest BCUT2D eigenvalue weighted by molar-refractivity contribution is -0.120. The van der Waals surface area contributed by atoms with Crippen molar-refractivity contribution in [1.82, 2.24) is 9.21 Å². The summed E-state index contributed by atoms with van der Waals surface area (Å²) in [7, 11) is -3.64. The highest BCUT2D eigenvalue weighted by molar-refractivity contribution is 7.99. The summed E-state index contributed by atoms with van der Waals surface area (Å²) in [6.45, 7) is 5.71. The molecule has 180 valence electrons. The van der Waals surface area contributed by atoms with E-state index in [1.54, 1.807) is 0 Å². The number of nitrogens with one attached hydrogen (secondary N) is 1. The van der Waals surface area contributed by atoms with Gasteiger partial charge in [0.25, 0.3) is 0 Å². The van der Waals surface area contributed by atoms with Gasteiger partial charge in [-0.25, -0.2) is 8.42 Å². The lowest BCUT2D eigenvalue weighted by Crippen LogP contribution is -2.41. The van der Waals surface area contributed by atoms with Crippen LogP contribution in [0.5, 0.6) is 0 Å². The molecular formula is C25H30N4O3S2. The first kappa shape index (κ1) is 24.7. The second kappa shape index (κ2) is 10.9. The molecule has 0 radical (unpaired) electrons. The van der Waals surface area contributed by atoms with Crippen molar-refractivity contribution in [3.8, 4) is 6.07 Å². The molecule has 0 bridgehead atoms. The number of rotatable bonds is 6. The van der Waals surface area contributed by atoms with Gasteiger partial charge >= 0.3 is 0 Å². The van der Waals surface area contributed by atoms with E-state index in [4.69, 9.17) is 5.26 Å². The van der Waals surface area contributed by atoms with Crippen LogP contribution in [0.2, 0.25) is 0 Å². The van der Waals surface area contributed by atoms with Gasteiger partial charge in [0.15, 0.2) is 0 Å². The normalized spacial score (nSPS) is 18.4. The van der Waals surface area contributed by atoms with Crippen molar-refractivity contribution >= 4 is 33.4 Å². The summed E-state index contributed by atoms with van der Waals surface area (Å²) >= 11 is 1.99. The molecular weight excluding hydrogens is 468 g/mol. The van der Waals surface area contributed by atoms with Crippen LogP contribution in [0, 0.1) is 24.2 Å². The van der Waals surface area contributed by atoms with Crippen LogP contribution in [0.1, 0.15) is 29.5 Å². The predicted octanol–water partition coefficient (Wildman–Crippen LogP) is 3.45. The van der Waals surface area contributed by atoms with Crippen molar-refractivity contribution in [3.63, 3.8) is 0 Å². The van der Waals surface area contributed by atoms with Gasteiger partial charge in [0, 0.05) is 55.8 Å². The van der Waals surface area contributed by atoms with E-state index in [0.29, 0.717) is 31.5 Å². The van der Waals surface area contributed by atoms with Crippen LogP contribution < -0.4 is 5.32 Å². The molecule has 2 aliphatic rings. The summed E-state index contributed by atoms with van der Waals surface area (Å²) < 4.78 is 27.3. The number of hydrogen-bond donors (Lipinski definition) is 1. The first-order chi connectivity index (χ1) is 16.4. The SMILES string of the molecule is Cc1c(CN2CCSCC2)cccc1NC(=O)C1CCN(S(=O)(=O)c2ccc(C#N)cc2)CC1. The average molecular weight is 499 g/mol. The summed E-state index contributed by atoms with van der Waals surface area (Å²) in [4.78, 5) is 15.6. The van der Waals surface area contributed by atoms with E-state index in [1.807, 2.05) is 30.0 Å². The topological polar surface area (TPSA) is 93.5 Å². The fourth-order valence-electron chi connectivity index (χ4n) is 4.43. The highest BCUT2D eigenvalue weighted by atomic mass is 32.2. The standard InChI is InChI=1S/C25H30N4O3S2/c1-19-22(18-28-13-15-33-16-14-28)3-2-4-24(19)27-25(30)21-9-11-29(12-10-21)34(31,32)23-7-5-20(17-26)6-8-23/h2-8,21H,9-16,18H2,1H3,(H,27,30). The Morgan fingerprint density at radius 1 is 1.09 bits per heavy atom. The molecule has 0 saturated carbocycles. The molecule has 1 N–H and O–H groups in total. The maximum Gasteiger partial charge on any atom is 0.243 e. The number of carbonyl (C=O) groups excluding carboxylic acids is 1. The number of piperidine rings is 1. The minimum atomic E-state index is -3.64. The molecule has 2 fully saturated rings. The third kappa shape index (κ3) is 5.63. The van der Waals surface area contributed by atoms with E-state index in [-0.39, 0.29) is 16.7 Å². The molecule has 2 aromatic carbocycles. The Morgan fingerprint density at radius 2 is 1.76 bits per heavy atom. The minimum absolute atomic E-state index is 0.0509. The smallest absolute Gasteiger partial charge is 0.243 e. The predicted molar refractivity (Wildman–Crippen MR) is 135 cm³/mol. The zero-order valence-electron chi connectivity index (χ0n) is 19.4. The van der Waals surface area contributed by atoms with Crippen LogP contribution in [0.4, 0.5) is 5.69 Å². The third-order valence-electron chi connectivity index (χ3n) is 6.65. The van der Waals surface area contributed by atoms with E-state index in [2.05, 4.69) is 23.2 Å². The Morgan fingerprint density at radius 3 is 2.41 bits per heavy atom. The molecule has 2 aliphatic heterocycles. The average Bonchev–Trinajstić information content (AvgIpc) is 2.87. The van der Waals surface area contributed by atoms with Gasteiger partial charge in [0.05, 0.1) is 16.5 Å². The maximum absolute atomic E-state index is 13.0. The molecule has 0 atom stereocenters. The summed E-state index contributed by atoms with van der Waals surface area (Å²) in [5, 5.41) is 12.0. The highest BCUT2D eigenvalue weighted by Gasteiger charge is 2.32. The monoisotopic (exact) mass is 498 g/mol. The summed E-state index contributed by atoms with van der Waals surface area (Å²) in [5.41, 5.74) is 3.58. The molecule has 4 rings (SSSR count). The zero-order valence-corrected chi connectivity index (χ0v) is 21.0. The van der Waals surface area contributed by atoms with E-state index < -0.39 is 10.0 Å². The number of amides is 1. The van der Waals surface area contributed by atoms with Crippen molar-refractivity contribution in [2.45, 2.75) is 31.2 Å². The van der Waals surface area contributed by atoms with E-state index >= 15 is 0 Å². The molecule has 2 saturated heterocycles. The van der Waals surface area contributed by atoms with Crippen LogP contribution in [-0.4, -0.2) is 61.2 Å². The number of nitriles is 1. The van der Waals surface area contributed by atoms with E-state index in [0.717, 1.165) is 42.4 Å². The van der Waals surface area contributed by atoms with Crippen molar-refractivity contribution in [1.29, 1.82) is 5.26 Å². The number of anilines is 1. The van der Waals surface area contributed by atoms with Crippen LogP contribution in [0.25, 0.3) is 0 Å². The summed E-state index contributed by atoms with van der Waals surface area (Å²) in [5.74, 6) is 2.05. The second-order valence-corrected chi connectivity index (χ2v) is 11.9. The lowest BCUT2D eigenvalue weighted by Gasteiger charge is -2.31. The van der Waals surface area contributed by atoms with Gasteiger partial charge in [-0.3, -0.25) is 9.69 Å². The lowest BCUT2D eigenvalue weighted by atomic mass is 9.96. The van der Waals surface area contributed by atoms with Gasteiger partial charge < -0.3 is 5.32 Å². The Balaban J connectivity index is 1.35. The van der Waals surface area contributed by atoms with Crippen molar-refractivity contribution in [2.75, 3.05) is 43.0 Å². The molecule has 7 nitrogen and oxygen atoms in total. The molecule has 0 unspecified atom stereocenters. The number of thioether (sulfide) groups is 1. The summed E-state index contributed by atoms with van der Waals surface area (Å²) in [6.07, 6.45) is 0.955. The fraction of sp³-hybridized carbons (Fsp3) is 0.440. The number of hydrogen-bond acceptors (Lipinski definition) is 6. The van der Waals surface area contributed by atoms with E-state index in [9.17, 15) is 13.2 Å². The Hall–Kier alpha value is -2.38. The largest absolute Gasteiger partial charge is 0.326 e. The van der Waals surface area contributed by atoms with Crippen LogP contribution in [-0.2, 0) is 21.4 Å². The number of carbonyl (C=O) groups is 1. The third-order valence-corrected chi connectivity index (χ3v) is 9.50. The van der Waals surface area contributed by atoms with Crippen LogP contribution in [0.3, 0.4) is 0 Å². The van der Waals surface area contributed by atoms with Crippen molar-refractivity contribution < 1.29 is 13.2 Å². The number of benzene rings is 2. The van der Waals surface area contributed by atoms with Gasteiger partial charge in [-0.15, -0.1) is 0 Å². The minimum Gasteiger partial charge on any atom is -0.326 e. The zero-order chi connectivity index (χ0) is 24.1.